The van der Waals surface area contributed by atoms with Crippen molar-refractivity contribution >= 4 is 15.7 Å². The molecule has 0 aromatic heterocycles. The Morgan fingerprint density at radius 3 is 2.78 bits per heavy atom. The van der Waals surface area contributed by atoms with Gasteiger partial charge in [0.25, 0.3) is 0 Å². The van der Waals surface area contributed by atoms with Gasteiger partial charge in [0.1, 0.15) is 6.29 Å². The van der Waals surface area contributed by atoms with Gasteiger partial charge in [0.2, 0.25) is 0 Å². The molecule has 1 saturated carbocycles. The average Bonchev–Trinajstić information content (AvgIpc) is 2.33. The van der Waals surface area contributed by atoms with Gasteiger partial charge in [-0.3, -0.25) is 5.09 Å². The topological polar surface area (TPSA) is 29.1 Å². The molecule has 3 atom stereocenters. The standard InChI is InChI=1S/C6H12NOP/c8-4-5-2-1-3-6(5)7-9/h4-7H,1-3,9H2. The van der Waals surface area contributed by atoms with E-state index in [1.165, 1.54) is 6.42 Å². The molecular formula is C6H12NOP. The average molecular weight is 145 g/mol. The van der Waals surface area contributed by atoms with Crippen LogP contribution in [0.4, 0.5) is 0 Å². The van der Waals surface area contributed by atoms with Crippen molar-refractivity contribution in [1.82, 2.24) is 5.09 Å². The Bertz CT molecular complexity index is 107. The molecule has 1 fully saturated rings. The van der Waals surface area contributed by atoms with E-state index in [-0.39, 0.29) is 5.92 Å². The van der Waals surface area contributed by atoms with E-state index in [1.54, 1.807) is 0 Å². The summed E-state index contributed by atoms with van der Waals surface area (Å²) in [5, 5.41) is 3.05. The second-order valence-corrected chi connectivity index (χ2v) is 2.84. The predicted molar refractivity (Wildman–Crippen MR) is 40.0 cm³/mol. The molecule has 1 rings (SSSR count). The molecule has 0 aromatic carbocycles. The first-order valence-electron chi connectivity index (χ1n) is 3.30. The summed E-state index contributed by atoms with van der Waals surface area (Å²) < 4.78 is 0. The Balaban J connectivity index is 2.41. The number of nitrogens with one attached hydrogen (secondary N) is 1. The molecule has 0 spiro atoms. The summed E-state index contributed by atoms with van der Waals surface area (Å²) in [5.74, 6) is 0.266. The quantitative estimate of drug-likeness (QED) is 0.458. The van der Waals surface area contributed by atoms with Crippen molar-refractivity contribution in [3.63, 3.8) is 0 Å². The highest BCUT2D eigenvalue weighted by Gasteiger charge is 2.24. The zero-order chi connectivity index (χ0) is 6.69. The van der Waals surface area contributed by atoms with Crippen LogP contribution in [-0.4, -0.2) is 12.3 Å². The molecule has 0 bridgehead atoms. The van der Waals surface area contributed by atoms with Crippen molar-refractivity contribution in [2.24, 2.45) is 5.92 Å². The number of rotatable bonds is 2. The Labute approximate surface area is 57.7 Å². The molecule has 9 heavy (non-hydrogen) atoms. The van der Waals surface area contributed by atoms with Gasteiger partial charge in [-0.05, 0) is 12.8 Å². The van der Waals surface area contributed by atoms with Crippen molar-refractivity contribution in [3.05, 3.63) is 0 Å². The maximum Gasteiger partial charge on any atom is 0.124 e. The predicted octanol–water partition coefficient (Wildman–Crippen LogP) is 0.734. The molecule has 1 N–H and O–H groups in total. The van der Waals surface area contributed by atoms with Crippen LogP contribution in [0.1, 0.15) is 19.3 Å². The van der Waals surface area contributed by atoms with E-state index < -0.39 is 0 Å². The summed E-state index contributed by atoms with van der Waals surface area (Å²) in [6, 6.07) is 0.424. The zero-order valence-corrected chi connectivity index (χ0v) is 6.49. The summed E-state index contributed by atoms with van der Waals surface area (Å²) in [7, 11) is 2.47. The molecular weight excluding hydrogens is 133 g/mol. The number of carbonyl (C=O) groups excluding carboxylic acids is 1. The van der Waals surface area contributed by atoms with Gasteiger partial charge in [0, 0.05) is 12.0 Å². The molecule has 0 radical (unpaired) electrons. The van der Waals surface area contributed by atoms with Gasteiger partial charge in [0.15, 0.2) is 0 Å². The van der Waals surface area contributed by atoms with Crippen LogP contribution in [0.5, 0.6) is 0 Å². The van der Waals surface area contributed by atoms with E-state index in [4.69, 9.17) is 0 Å². The van der Waals surface area contributed by atoms with Crippen molar-refractivity contribution in [1.29, 1.82) is 0 Å². The fraction of sp³-hybridized carbons (Fsp3) is 0.833. The molecule has 1 aliphatic carbocycles. The molecule has 0 saturated heterocycles. The Hall–Kier alpha value is 0.0600. The lowest BCUT2D eigenvalue weighted by Crippen LogP contribution is -2.25. The highest BCUT2D eigenvalue weighted by atomic mass is 31.0. The SMILES string of the molecule is O=CC1CCCC1NP. The highest BCUT2D eigenvalue weighted by Crippen LogP contribution is 2.24. The van der Waals surface area contributed by atoms with Gasteiger partial charge in [-0.1, -0.05) is 15.8 Å². The van der Waals surface area contributed by atoms with Gasteiger partial charge in [0.05, 0.1) is 0 Å². The van der Waals surface area contributed by atoms with Gasteiger partial charge < -0.3 is 4.79 Å². The molecule has 52 valence electrons. The second kappa shape index (κ2) is 3.28. The fourth-order valence-corrected chi connectivity index (χ4v) is 1.77. The van der Waals surface area contributed by atoms with Crippen LogP contribution >= 0.6 is 9.39 Å². The first-order chi connectivity index (χ1) is 4.38. The number of hydrogen-bond donors (Lipinski definition) is 1. The molecule has 0 aromatic rings. The van der Waals surface area contributed by atoms with Crippen LogP contribution in [0.15, 0.2) is 0 Å². The largest absolute Gasteiger partial charge is 0.303 e. The van der Waals surface area contributed by atoms with Crippen molar-refractivity contribution < 1.29 is 4.79 Å². The maximum absolute atomic E-state index is 10.3. The number of carbonyl (C=O) groups is 1. The van der Waals surface area contributed by atoms with Crippen molar-refractivity contribution in [2.45, 2.75) is 25.3 Å². The third-order valence-corrected chi connectivity index (χ3v) is 2.39. The molecule has 0 aliphatic heterocycles. The number of hydrogen-bond acceptors (Lipinski definition) is 2. The lowest BCUT2D eigenvalue weighted by Gasteiger charge is -2.10. The highest BCUT2D eigenvalue weighted by molar-refractivity contribution is 7.13. The van der Waals surface area contributed by atoms with Crippen LogP contribution < -0.4 is 5.09 Å². The van der Waals surface area contributed by atoms with E-state index >= 15 is 0 Å². The van der Waals surface area contributed by atoms with Crippen LogP contribution in [-0.2, 0) is 4.79 Å². The summed E-state index contributed by atoms with van der Waals surface area (Å²) in [6.45, 7) is 0. The molecule has 0 amide bonds. The smallest absolute Gasteiger partial charge is 0.124 e. The van der Waals surface area contributed by atoms with Gasteiger partial charge in [-0.2, -0.15) is 0 Å². The van der Waals surface area contributed by atoms with Crippen LogP contribution in [0.25, 0.3) is 0 Å². The normalized spacial score (nSPS) is 34.8. The lowest BCUT2D eigenvalue weighted by molar-refractivity contribution is -0.111. The minimum absolute atomic E-state index is 0.266. The molecule has 1 aliphatic rings. The number of aldehydes is 1. The van der Waals surface area contributed by atoms with Gasteiger partial charge in [-0.25, -0.2) is 0 Å². The summed E-state index contributed by atoms with van der Waals surface area (Å²) >= 11 is 0. The first kappa shape index (κ1) is 7.17. The van der Waals surface area contributed by atoms with E-state index in [2.05, 4.69) is 14.5 Å². The van der Waals surface area contributed by atoms with E-state index in [9.17, 15) is 4.79 Å². The summed E-state index contributed by atoms with van der Waals surface area (Å²) in [5.41, 5.74) is 0. The zero-order valence-electron chi connectivity index (χ0n) is 5.34. The summed E-state index contributed by atoms with van der Waals surface area (Å²) in [6.07, 6.45) is 4.46. The third-order valence-electron chi connectivity index (χ3n) is 1.96. The minimum Gasteiger partial charge on any atom is -0.303 e. The van der Waals surface area contributed by atoms with Crippen LogP contribution in [0, 0.1) is 5.92 Å². The van der Waals surface area contributed by atoms with Crippen molar-refractivity contribution in [2.75, 3.05) is 0 Å². The van der Waals surface area contributed by atoms with Crippen LogP contribution in [0.3, 0.4) is 0 Å². The van der Waals surface area contributed by atoms with Crippen LogP contribution in [0.2, 0.25) is 0 Å². The van der Waals surface area contributed by atoms with E-state index in [1.807, 2.05) is 0 Å². The molecule has 2 nitrogen and oxygen atoms in total. The van der Waals surface area contributed by atoms with E-state index in [0.29, 0.717) is 6.04 Å². The Kier molecular flexibility index (Phi) is 2.62. The third kappa shape index (κ3) is 1.50. The monoisotopic (exact) mass is 145 g/mol. The van der Waals surface area contributed by atoms with Gasteiger partial charge >= 0.3 is 0 Å². The molecule has 3 unspecified atom stereocenters. The summed E-state index contributed by atoms with van der Waals surface area (Å²) in [4.78, 5) is 10.3. The first-order valence-corrected chi connectivity index (χ1v) is 3.87. The fourth-order valence-electron chi connectivity index (χ4n) is 1.36. The minimum atomic E-state index is 0.266. The molecule has 0 heterocycles. The Morgan fingerprint density at radius 2 is 2.33 bits per heavy atom. The Morgan fingerprint density at radius 1 is 1.56 bits per heavy atom. The lowest BCUT2D eigenvalue weighted by atomic mass is 10.1. The maximum atomic E-state index is 10.3. The second-order valence-electron chi connectivity index (χ2n) is 2.50. The van der Waals surface area contributed by atoms with Crippen molar-refractivity contribution in [3.8, 4) is 0 Å². The van der Waals surface area contributed by atoms with E-state index in [0.717, 1.165) is 19.1 Å². The van der Waals surface area contributed by atoms with Gasteiger partial charge in [-0.15, -0.1) is 0 Å². The molecule has 3 heteroatoms.